The lowest BCUT2D eigenvalue weighted by Crippen LogP contribution is -2.45. The maximum atomic E-state index is 13.5. The predicted molar refractivity (Wildman–Crippen MR) is 93.3 cm³/mol. The summed E-state index contributed by atoms with van der Waals surface area (Å²) in [6, 6.07) is 6.42. The highest BCUT2D eigenvalue weighted by atomic mass is 19.1. The molecule has 0 bridgehead atoms. The molecular formula is C19H26FN3O2. The lowest BCUT2D eigenvalue weighted by molar-refractivity contribution is -0.133. The van der Waals surface area contributed by atoms with Crippen LogP contribution in [-0.4, -0.2) is 46.9 Å². The van der Waals surface area contributed by atoms with E-state index in [1.54, 1.807) is 6.07 Å². The van der Waals surface area contributed by atoms with E-state index in [2.05, 4.69) is 5.32 Å². The van der Waals surface area contributed by atoms with E-state index in [1.165, 1.54) is 12.1 Å². The quantitative estimate of drug-likeness (QED) is 0.914. The van der Waals surface area contributed by atoms with Crippen LogP contribution in [0.1, 0.15) is 38.7 Å². The molecule has 2 aliphatic heterocycles. The molecule has 2 fully saturated rings. The Morgan fingerprint density at radius 2 is 2.16 bits per heavy atom. The normalized spacial score (nSPS) is 23.6. The number of carbonyl (C=O) groups is 2. The number of hydrogen-bond acceptors (Lipinski definition) is 2. The largest absolute Gasteiger partial charge is 0.336 e. The summed E-state index contributed by atoms with van der Waals surface area (Å²) >= 11 is 0. The Morgan fingerprint density at radius 3 is 2.88 bits per heavy atom. The number of carbonyl (C=O) groups excluding carboxylic acids is 2. The maximum absolute atomic E-state index is 13.5. The van der Waals surface area contributed by atoms with Crippen LogP contribution in [-0.2, 0) is 11.3 Å². The van der Waals surface area contributed by atoms with Crippen LogP contribution in [0.3, 0.4) is 0 Å². The van der Waals surface area contributed by atoms with Gasteiger partial charge in [-0.15, -0.1) is 0 Å². The summed E-state index contributed by atoms with van der Waals surface area (Å²) in [5.41, 5.74) is 0.791. The van der Waals surface area contributed by atoms with Crippen molar-refractivity contribution in [1.29, 1.82) is 0 Å². The van der Waals surface area contributed by atoms with Crippen LogP contribution < -0.4 is 5.32 Å². The minimum Gasteiger partial charge on any atom is -0.336 e. The molecule has 2 saturated heterocycles. The number of rotatable bonds is 3. The average molecular weight is 347 g/mol. The molecule has 2 aliphatic rings. The van der Waals surface area contributed by atoms with Crippen LogP contribution in [0.2, 0.25) is 0 Å². The van der Waals surface area contributed by atoms with E-state index in [9.17, 15) is 14.0 Å². The molecule has 1 aromatic carbocycles. The lowest BCUT2D eigenvalue weighted by atomic mass is 9.98. The van der Waals surface area contributed by atoms with E-state index in [1.807, 2.05) is 29.7 Å². The first-order valence-corrected chi connectivity index (χ1v) is 9.03. The molecule has 0 radical (unpaired) electrons. The number of amides is 3. The molecule has 0 saturated carbocycles. The van der Waals surface area contributed by atoms with E-state index in [0.29, 0.717) is 26.1 Å². The van der Waals surface area contributed by atoms with Gasteiger partial charge < -0.3 is 15.1 Å². The summed E-state index contributed by atoms with van der Waals surface area (Å²) in [5.74, 6) is 0.0986. The van der Waals surface area contributed by atoms with Crippen molar-refractivity contribution >= 4 is 11.9 Å². The Hall–Kier alpha value is -2.11. The van der Waals surface area contributed by atoms with Gasteiger partial charge in [0.05, 0.1) is 6.04 Å². The molecule has 3 amide bonds. The van der Waals surface area contributed by atoms with Crippen LogP contribution >= 0.6 is 0 Å². The van der Waals surface area contributed by atoms with Gasteiger partial charge in [0.1, 0.15) is 5.82 Å². The van der Waals surface area contributed by atoms with Gasteiger partial charge >= 0.3 is 6.03 Å². The minimum atomic E-state index is -0.291. The summed E-state index contributed by atoms with van der Waals surface area (Å²) < 4.78 is 13.5. The number of halogens is 1. The predicted octanol–water partition coefficient (Wildman–Crippen LogP) is 2.76. The zero-order chi connectivity index (χ0) is 18.0. The van der Waals surface area contributed by atoms with Crippen LogP contribution in [0.4, 0.5) is 9.18 Å². The number of fused-ring (bicyclic) bond motifs is 1. The van der Waals surface area contributed by atoms with Gasteiger partial charge in [0.25, 0.3) is 0 Å². The number of urea groups is 1. The number of nitrogens with one attached hydrogen (secondary N) is 1. The van der Waals surface area contributed by atoms with Crippen molar-refractivity contribution in [3.05, 3.63) is 35.6 Å². The van der Waals surface area contributed by atoms with Gasteiger partial charge in [-0.1, -0.05) is 12.1 Å². The molecule has 6 heteroatoms. The van der Waals surface area contributed by atoms with Crippen molar-refractivity contribution in [2.24, 2.45) is 5.92 Å². The first-order chi connectivity index (χ1) is 11.9. The van der Waals surface area contributed by atoms with Gasteiger partial charge in [-0.3, -0.25) is 4.79 Å². The fourth-order valence-electron chi connectivity index (χ4n) is 3.88. The summed E-state index contributed by atoms with van der Waals surface area (Å²) in [6.07, 6.45) is 2.32. The van der Waals surface area contributed by atoms with Crippen LogP contribution in [0, 0.1) is 11.7 Å². The SMILES string of the molecule is CC(C)NC(=O)N1C[C@H]2CCCC(=O)N(Cc3cccc(F)c3)[C@H]2C1. The van der Waals surface area contributed by atoms with Crippen LogP contribution in [0.15, 0.2) is 24.3 Å². The number of likely N-dealkylation sites (tertiary alicyclic amines) is 2. The first-order valence-electron chi connectivity index (χ1n) is 9.03. The summed E-state index contributed by atoms with van der Waals surface area (Å²) in [5, 5.41) is 2.93. The zero-order valence-electron chi connectivity index (χ0n) is 14.9. The summed E-state index contributed by atoms with van der Waals surface area (Å²) in [4.78, 5) is 28.6. The third kappa shape index (κ3) is 4.11. The number of benzene rings is 1. The average Bonchev–Trinajstić information content (AvgIpc) is 2.90. The summed E-state index contributed by atoms with van der Waals surface area (Å²) in [7, 11) is 0. The van der Waals surface area contributed by atoms with Gasteiger partial charge in [0.15, 0.2) is 0 Å². The number of nitrogens with zero attached hydrogens (tertiary/aromatic N) is 2. The van der Waals surface area contributed by atoms with E-state index in [0.717, 1.165) is 18.4 Å². The molecule has 0 spiro atoms. The lowest BCUT2D eigenvalue weighted by Gasteiger charge is -2.30. The fraction of sp³-hybridized carbons (Fsp3) is 0.579. The Kier molecular flexibility index (Phi) is 5.25. The van der Waals surface area contributed by atoms with E-state index in [4.69, 9.17) is 0 Å². The van der Waals surface area contributed by atoms with Crippen molar-refractivity contribution in [1.82, 2.24) is 15.1 Å². The molecule has 2 heterocycles. The van der Waals surface area contributed by atoms with E-state index < -0.39 is 0 Å². The van der Waals surface area contributed by atoms with Crippen molar-refractivity contribution in [3.8, 4) is 0 Å². The highest BCUT2D eigenvalue weighted by Gasteiger charge is 2.41. The Bertz CT molecular complexity index is 649. The van der Waals surface area contributed by atoms with E-state index in [-0.39, 0.29) is 35.8 Å². The topological polar surface area (TPSA) is 52.7 Å². The van der Waals surface area contributed by atoms with Crippen molar-refractivity contribution in [2.75, 3.05) is 13.1 Å². The molecule has 3 rings (SSSR count). The number of hydrogen-bond donors (Lipinski definition) is 1. The molecular weight excluding hydrogens is 321 g/mol. The van der Waals surface area contributed by atoms with Crippen LogP contribution in [0.25, 0.3) is 0 Å². The molecule has 0 aliphatic carbocycles. The Morgan fingerprint density at radius 1 is 1.36 bits per heavy atom. The molecule has 136 valence electrons. The van der Waals surface area contributed by atoms with Gasteiger partial charge in [0.2, 0.25) is 5.91 Å². The minimum absolute atomic E-state index is 0.0104. The second-order valence-corrected chi connectivity index (χ2v) is 7.38. The standard InChI is InChI=1S/C19H26FN3O2/c1-13(2)21-19(25)22-11-15-6-4-8-18(24)23(17(15)12-22)10-14-5-3-7-16(20)9-14/h3,5,7,9,13,15,17H,4,6,8,10-12H2,1-2H3,(H,21,25)/t15-,17+/m1/s1. The molecule has 0 unspecified atom stereocenters. The molecule has 1 aromatic rings. The molecule has 1 N–H and O–H groups in total. The highest BCUT2D eigenvalue weighted by molar-refractivity contribution is 5.78. The van der Waals surface area contributed by atoms with Gasteiger partial charge in [-0.25, -0.2) is 9.18 Å². The molecule has 5 nitrogen and oxygen atoms in total. The van der Waals surface area contributed by atoms with Crippen molar-refractivity contribution in [2.45, 2.75) is 51.7 Å². The zero-order valence-corrected chi connectivity index (χ0v) is 14.9. The fourth-order valence-corrected chi connectivity index (χ4v) is 3.88. The highest BCUT2D eigenvalue weighted by Crippen LogP contribution is 2.31. The van der Waals surface area contributed by atoms with Crippen molar-refractivity contribution in [3.63, 3.8) is 0 Å². The second-order valence-electron chi connectivity index (χ2n) is 7.38. The van der Waals surface area contributed by atoms with E-state index >= 15 is 0 Å². The third-order valence-corrected chi connectivity index (χ3v) is 5.03. The molecule has 25 heavy (non-hydrogen) atoms. The monoisotopic (exact) mass is 347 g/mol. The second kappa shape index (κ2) is 7.42. The first kappa shape index (κ1) is 17.7. The maximum Gasteiger partial charge on any atom is 0.317 e. The smallest absolute Gasteiger partial charge is 0.317 e. The molecule has 2 atom stereocenters. The van der Waals surface area contributed by atoms with Gasteiger partial charge in [-0.2, -0.15) is 0 Å². The third-order valence-electron chi connectivity index (χ3n) is 5.03. The van der Waals surface area contributed by atoms with Gasteiger partial charge in [0, 0.05) is 32.1 Å². The van der Waals surface area contributed by atoms with Crippen molar-refractivity contribution < 1.29 is 14.0 Å². The Balaban J connectivity index is 1.76. The summed E-state index contributed by atoms with van der Waals surface area (Å²) in [6.45, 7) is 5.50. The van der Waals surface area contributed by atoms with Gasteiger partial charge in [-0.05, 0) is 50.3 Å². The molecule has 0 aromatic heterocycles. The Labute approximate surface area is 148 Å². The van der Waals surface area contributed by atoms with Crippen LogP contribution in [0.5, 0.6) is 0 Å².